The van der Waals surface area contributed by atoms with Gasteiger partial charge in [0.2, 0.25) is 0 Å². The third kappa shape index (κ3) is 5.53. The summed E-state index contributed by atoms with van der Waals surface area (Å²) >= 11 is 0. The van der Waals surface area contributed by atoms with E-state index in [-0.39, 0.29) is 0 Å². The van der Waals surface area contributed by atoms with E-state index in [1.54, 1.807) is 0 Å². The molecule has 1 aliphatic carbocycles. The molecular weight excluding hydrogens is 685 g/mol. The van der Waals surface area contributed by atoms with Gasteiger partial charge in [0, 0.05) is 0 Å². The third-order valence-corrected chi connectivity index (χ3v) is 12.2. The predicted octanol–water partition coefficient (Wildman–Crippen LogP) is 15.0. The van der Waals surface area contributed by atoms with Crippen LogP contribution in [0.5, 0.6) is 0 Å². The Morgan fingerprint density at radius 3 is 0.877 bits per heavy atom. The van der Waals surface area contributed by atoms with E-state index in [1.807, 2.05) is 0 Å². The van der Waals surface area contributed by atoms with Crippen LogP contribution in [0.2, 0.25) is 0 Å². The van der Waals surface area contributed by atoms with Crippen molar-refractivity contribution in [1.29, 1.82) is 0 Å². The highest BCUT2D eigenvalue weighted by Gasteiger charge is 2.45. The van der Waals surface area contributed by atoms with Crippen LogP contribution in [0.1, 0.15) is 22.3 Å². The molecule has 0 bridgehead atoms. The van der Waals surface area contributed by atoms with Gasteiger partial charge in [-0.25, -0.2) is 0 Å². The molecule has 10 aromatic carbocycles. The van der Waals surface area contributed by atoms with Crippen molar-refractivity contribution in [3.8, 4) is 55.6 Å². The van der Waals surface area contributed by atoms with Crippen molar-refractivity contribution in [1.82, 2.24) is 0 Å². The van der Waals surface area contributed by atoms with Gasteiger partial charge in [0.25, 0.3) is 0 Å². The SMILES string of the molecule is c1ccc2c(c1)-c1ccccc1C2(c1ccc(-c2ccc(-c3ccc4ccccc4c3)cc2)cc1)c1ccc(-c2ccc(-c3ccc4ccccc4c3)cc2)cc1. The van der Waals surface area contributed by atoms with E-state index in [9.17, 15) is 0 Å². The van der Waals surface area contributed by atoms with Crippen LogP contribution in [0.4, 0.5) is 0 Å². The van der Waals surface area contributed by atoms with E-state index in [1.165, 1.54) is 99.4 Å². The average molecular weight is 723 g/mol. The minimum atomic E-state index is -0.454. The summed E-state index contributed by atoms with van der Waals surface area (Å²) in [6, 6.07) is 85.1. The van der Waals surface area contributed by atoms with Crippen LogP contribution >= 0.6 is 0 Å². The fraction of sp³-hybridized carbons (Fsp3) is 0.0175. The molecule has 11 rings (SSSR count). The minimum Gasteiger partial charge on any atom is -0.0619 e. The van der Waals surface area contributed by atoms with Gasteiger partial charge in [-0.2, -0.15) is 0 Å². The molecule has 0 aromatic heterocycles. The maximum Gasteiger partial charge on any atom is 0.0713 e. The normalized spacial score (nSPS) is 12.7. The van der Waals surface area contributed by atoms with Gasteiger partial charge in [-0.05, 0) is 112 Å². The highest BCUT2D eigenvalue weighted by atomic mass is 14.5. The Bertz CT molecular complexity index is 2860. The van der Waals surface area contributed by atoms with Gasteiger partial charge in [0.15, 0.2) is 0 Å². The van der Waals surface area contributed by atoms with Gasteiger partial charge in [-0.15, -0.1) is 0 Å². The zero-order valence-corrected chi connectivity index (χ0v) is 31.4. The Morgan fingerprint density at radius 1 is 0.211 bits per heavy atom. The summed E-state index contributed by atoms with van der Waals surface area (Å²) < 4.78 is 0. The van der Waals surface area contributed by atoms with E-state index in [0.29, 0.717) is 0 Å². The standard InChI is InChI=1S/C57H38/c1-3-11-47-37-49(27-25-39(47)9-1)45-21-17-41(18-22-45)43-29-33-51(34-30-43)57(55-15-7-5-13-53(55)54-14-6-8-16-56(54)57)52-35-31-44(32-36-52)42-19-23-46(24-20-42)50-28-26-40-10-2-4-12-48(40)38-50/h1-38H. The molecule has 266 valence electrons. The summed E-state index contributed by atoms with van der Waals surface area (Å²) in [5.41, 5.74) is 17.1. The van der Waals surface area contributed by atoms with E-state index < -0.39 is 5.41 Å². The van der Waals surface area contributed by atoms with Crippen molar-refractivity contribution in [3.63, 3.8) is 0 Å². The quantitative estimate of drug-likeness (QED) is 0.160. The molecular formula is C57H38. The monoisotopic (exact) mass is 722 g/mol. The zero-order valence-electron chi connectivity index (χ0n) is 31.4. The second-order valence-electron chi connectivity index (χ2n) is 15.3. The van der Waals surface area contributed by atoms with Gasteiger partial charge in [-0.3, -0.25) is 0 Å². The molecule has 0 spiro atoms. The minimum absolute atomic E-state index is 0.454. The van der Waals surface area contributed by atoms with E-state index in [4.69, 9.17) is 0 Å². The van der Waals surface area contributed by atoms with Crippen LogP contribution in [0.25, 0.3) is 77.2 Å². The fourth-order valence-corrected chi connectivity index (χ4v) is 9.30. The van der Waals surface area contributed by atoms with Gasteiger partial charge in [0.1, 0.15) is 0 Å². The molecule has 0 saturated carbocycles. The highest BCUT2D eigenvalue weighted by Crippen LogP contribution is 2.56. The van der Waals surface area contributed by atoms with Crippen molar-refractivity contribution >= 4 is 21.5 Å². The average Bonchev–Trinajstić information content (AvgIpc) is 3.60. The Balaban J connectivity index is 0.951. The van der Waals surface area contributed by atoms with Crippen molar-refractivity contribution < 1.29 is 0 Å². The summed E-state index contributed by atoms with van der Waals surface area (Å²) in [6.45, 7) is 0. The summed E-state index contributed by atoms with van der Waals surface area (Å²) in [5.74, 6) is 0. The lowest BCUT2D eigenvalue weighted by Crippen LogP contribution is -2.28. The van der Waals surface area contributed by atoms with E-state index >= 15 is 0 Å². The van der Waals surface area contributed by atoms with E-state index in [2.05, 4.69) is 231 Å². The number of hydrogen-bond acceptors (Lipinski definition) is 0. The molecule has 0 radical (unpaired) electrons. The Labute approximate surface area is 334 Å². The van der Waals surface area contributed by atoms with Crippen molar-refractivity contribution in [2.75, 3.05) is 0 Å². The van der Waals surface area contributed by atoms with Crippen molar-refractivity contribution in [2.45, 2.75) is 5.41 Å². The summed E-state index contributed by atoms with van der Waals surface area (Å²) in [4.78, 5) is 0. The third-order valence-electron chi connectivity index (χ3n) is 12.2. The first-order valence-corrected chi connectivity index (χ1v) is 19.8. The highest BCUT2D eigenvalue weighted by molar-refractivity contribution is 5.90. The Hall–Kier alpha value is -7.28. The molecule has 0 saturated heterocycles. The van der Waals surface area contributed by atoms with Crippen molar-refractivity contribution in [2.24, 2.45) is 0 Å². The number of fused-ring (bicyclic) bond motifs is 5. The van der Waals surface area contributed by atoms with Gasteiger partial charge < -0.3 is 0 Å². The molecule has 1 aliphatic rings. The summed E-state index contributed by atoms with van der Waals surface area (Å²) in [6.07, 6.45) is 0. The maximum atomic E-state index is 2.35. The Morgan fingerprint density at radius 2 is 0.491 bits per heavy atom. The molecule has 0 aliphatic heterocycles. The molecule has 0 nitrogen and oxygen atoms in total. The smallest absolute Gasteiger partial charge is 0.0619 e. The van der Waals surface area contributed by atoms with Crippen molar-refractivity contribution in [3.05, 3.63) is 253 Å². The van der Waals surface area contributed by atoms with E-state index in [0.717, 1.165) is 0 Å². The molecule has 10 aromatic rings. The van der Waals surface area contributed by atoms with Crippen LogP contribution in [-0.4, -0.2) is 0 Å². The number of hydrogen-bond donors (Lipinski definition) is 0. The molecule has 0 heterocycles. The largest absolute Gasteiger partial charge is 0.0713 e. The molecule has 0 N–H and O–H groups in total. The second kappa shape index (κ2) is 13.5. The fourth-order valence-electron chi connectivity index (χ4n) is 9.30. The van der Waals surface area contributed by atoms with Crippen LogP contribution in [0.15, 0.2) is 231 Å². The molecule has 0 amide bonds. The lowest BCUT2D eigenvalue weighted by Gasteiger charge is -2.34. The predicted molar refractivity (Wildman–Crippen MR) is 241 cm³/mol. The molecule has 0 atom stereocenters. The van der Waals surface area contributed by atoms with Crippen LogP contribution < -0.4 is 0 Å². The summed E-state index contributed by atoms with van der Waals surface area (Å²) in [7, 11) is 0. The van der Waals surface area contributed by atoms with Gasteiger partial charge in [-0.1, -0.05) is 218 Å². The molecule has 0 fully saturated rings. The first-order valence-electron chi connectivity index (χ1n) is 19.8. The second-order valence-corrected chi connectivity index (χ2v) is 15.3. The summed E-state index contributed by atoms with van der Waals surface area (Å²) in [5, 5.41) is 5.06. The van der Waals surface area contributed by atoms with Gasteiger partial charge >= 0.3 is 0 Å². The lowest BCUT2D eigenvalue weighted by molar-refractivity contribution is 0.769. The van der Waals surface area contributed by atoms with Crippen LogP contribution in [-0.2, 0) is 5.41 Å². The first kappa shape index (κ1) is 33.1. The van der Waals surface area contributed by atoms with Gasteiger partial charge in [0.05, 0.1) is 5.41 Å². The van der Waals surface area contributed by atoms with Crippen LogP contribution in [0, 0.1) is 0 Å². The topological polar surface area (TPSA) is 0 Å². The zero-order chi connectivity index (χ0) is 37.8. The Kier molecular flexibility index (Phi) is 7.83. The molecule has 0 unspecified atom stereocenters. The molecule has 57 heavy (non-hydrogen) atoms. The lowest BCUT2D eigenvalue weighted by atomic mass is 9.67. The molecule has 0 heteroatoms. The first-order chi connectivity index (χ1) is 28.2. The number of benzene rings is 10. The maximum absolute atomic E-state index is 2.35. The van der Waals surface area contributed by atoms with Crippen LogP contribution in [0.3, 0.4) is 0 Å². The number of rotatable bonds is 6.